The highest BCUT2D eigenvalue weighted by molar-refractivity contribution is 6.39. The molecule has 7 nitrogen and oxygen atoms in total. The fraction of sp³-hybridized carbons (Fsp3) is 0.222. The molecule has 2 rings (SSSR count). The number of phenolic OH excluding ortho intramolecular Hbond substituents is 2. The Hall–Kier alpha value is -2.64. The molecular formula is C18H16Cl2O7. The van der Waals surface area contributed by atoms with Crippen LogP contribution in [0, 0.1) is 13.8 Å². The van der Waals surface area contributed by atoms with Crippen molar-refractivity contribution in [1.82, 2.24) is 0 Å². The van der Waals surface area contributed by atoms with Crippen molar-refractivity contribution in [3.63, 3.8) is 0 Å². The summed E-state index contributed by atoms with van der Waals surface area (Å²) in [6.07, 6.45) is 0. The lowest BCUT2D eigenvalue weighted by Crippen LogP contribution is -2.12. The smallest absolute Gasteiger partial charge is 0.347 e. The largest absolute Gasteiger partial charge is 0.507 e. The van der Waals surface area contributed by atoms with Gasteiger partial charge in [-0.15, -0.1) is 0 Å². The maximum atomic E-state index is 12.5. The number of halogens is 2. The van der Waals surface area contributed by atoms with Gasteiger partial charge in [0, 0.05) is 6.07 Å². The average molecular weight is 415 g/mol. The fourth-order valence-corrected chi connectivity index (χ4v) is 3.10. The first-order chi connectivity index (χ1) is 12.6. The number of phenols is 2. The molecule has 0 spiro atoms. The topological polar surface area (TPSA) is 102 Å². The van der Waals surface area contributed by atoms with Gasteiger partial charge in [0.25, 0.3) is 0 Å². The minimum Gasteiger partial charge on any atom is -0.507 e. The lowest BCUT2D eigenvalue weighted by Gasteiger charge is -2.15. The van der Waals surface area contributed by atoms with Crippen molar-refractivity contribution < 1.29 is 34.0 Å². The Morgan fingerprint density at radius 3 is 2.11 bits per heavy atom. The summed E-state index contributed by atoms with van der Waals surface area (Å²) in [5, 5.41) is 20.1. The lowest BCUT2D eigenvalue weighted by molar-refractivity contribution is 0.0596. The Morgan fingerprint density at radius 1 is 0.963 bits per heavy atom. The zero-order valence-corrected chi connectivity index (χ0v) is 16.4. The van der Waals surface area contributed by atoms with E-state index in [1.807, 2.05) is 0 Å². The monoisotopic (exact) mass is 414 g/mol. The van der Waals surface area contributed by atoms with Gasteiger partial charge in [0.15, 0.2) is 11.5 Å². The molecule has 0 aliphatic rings. The standard InChI is InChI=1S/C18H16Cl2O7/c1-7-5-9(6-10(21)11(7)17(23)26-4)27-18(24)12-8(2)13(19)16(25-3)14(20)15(12)22/h5-6,21-22H,1-4H3. The maximum Gasteiger partial charge on any atom is 0.347 e. The fourth-order valence-electron chi connectivity index (χ4n) is 2.52. The Kier molecular flexibility index (Phi) is 6.08. The first-order valence-electron chi connectivity index (χ1n) is 7.52. The van der Waals surface area contributed by atoms with Crippen LogP contribution in [-0.2, 0) is 4.74 Å². The van der Waals surface area contributed by atoms with Gasteiger partial charge in [0.05, 0.1) is 19.2 Å². The molecule has 0 fully saturated rings. The van der Waals surface area contributed by atoms with Crippen LogP contribution < -0.4 is 9.47 Å². The molecule has 2 aromatic rings. The summed E-state index contributed by atoms with van der Waals surface area (Å²) in [6, 6.07) is 2.44. The Labute approximate surface area is 165 Å². The van der Waals surface area contributed by atoms with Crippen LogP contribution in [0.3, 0.4) is 0 Å². The van der Waals surface area contributed by atoms with Gasteiger partial charge in [-0.1, -0.05) is 23.2 Å². The number of rotatable bonds is 4. The van der Waals surface area contributed by atoms with Gasteiger partial charge in [-0.25, -0.2) is 9.59 Å². The summed E-state index contributed by atoms with van der Waals surface area (Å²) < 4.78 is 14.8. The predicted molar refractivity (Wildman–Crippen MR) is 98.6 cm³/mol. The predicted octanol–water partition coefficient (Wildman–Crippen LogP) is 4.04. The second kappa shape index (κ2) is 7.94. The minimum atomic E-state index is -0.957. The number of hydrogen-bond donors (Lipinski definition) is 2. The molecule has 0 unspecified atom stereocenters. The van der Waals surface area contributed by atoms with Crippen LogP contribution in [0.5, 0.6) is 23.0 Å². The number of esters is 2. The molecule has 0 aliphatic heterocycles. The second-order valence-corrected chi connectivity index (χ2v) is 6.28. The van der Waals surface area contributed by atoms with E-state index in [1.54, 1.807) is 0 Å². The second-order valence-electron chi connectivity index (χ2n) is 5.53. The molecule has 0 heterocycles. The molecule has 27 heavy (non-hydrogen) atoms. The molecule has 2 aromatic carbocycles. The van der Waals surface area contributed by atoms with E-state index in [2.05, 4.69) is 4.74 Å². The summed E-state index contributed by atoms with van der Waals surface area (Å²) in [5.74, 6) is -2.68. The third kappa shape index (κ3) is 3.74. The zero-order chi connectivity index (χ0) is 20.5. The Bertz CT molecular complexity index is 886. The molecule has 0 bridgehead atoms. The van der Waals surface area contributed by atoms with Crippen LogP contribution >= 0.6 is 23.2 Å². The molecule has 0 aromatic heterocycles. The number of ether oxygens (including phenoxy) is 3. The van der Waals surface area contributed by atoms with Crippen LogP contribution in [0.25, 0.3) is 0 Å². The van der Waals surface area contributed by atoms with Gasteiger partial charge < -0.3 is 24.4 Å². The third-order valence-electron chi connectivity index (χ3n) is 3.84. The first-order valence-corrected chi connectivity index (χ1v) is 8.28. The normalized spacial score (nSPS) is 10.4. The molecule has 0 amide bonds. The third-order valence-corrected chi connectivity index (χ3v) is 4.65. The van der Waals surface area contributed by atoms with Crippen LogP contribution in [0.1, 0.15) is 31.8 Å². The van der Waals surface area contributed by atoms with Gasteiger partial charge in [0.1, 0.15) is 27.6 Å². The van der Waals surface area contributed by atoms with Crippen molar-refractivity contribution in [2.45, 2.75) is 13.8 Å². The van der Waals surface area contributed by atoms with Gasteiger partial charge in [0.2, 0.25) is 0 Å². The summed E-state index contributed by atoms with van der Waals surface area (Å²) in [4.78, 5) is 24.2. The summed E-state index contributed by atoms with van der Waals surface area (Å²) in [6.45, 7) is 3.02. The average Bonchev–Trinajstić information content (AvgIpc) is 2.60. The van der Waals surface area contributed by atoms with Gasteiger partial charge in [-0.3, -0.25) is 0 Å². The lowest BCUT2D eigenvalue weighted by atomic mass is 10.1. The molecule has 0 atom stereocenters. The van der Waals surface area contributed by atoms with E-state index in [9.17, 15) is 19.8 Å². The molecule has 0 aliphatic carbocycles. The van der Waals surface area contributed by atoms with E-state index < -0.39 is 23.4 Å². The van der Waals surface area contributed by atoms with E-state index in [0.717, 1.165) is 6.07 Å². The number of aryl methyl sites for hydroxylation is 1. The number of benzene rings is 2. The van der Waals surface area contributed by atoms with Crippen LogP contribution in [0.2, 0.25) is 10.0 Å². The van der Waals surface area contributed by atoms with Crippen molar-refractivity contribution in [2.75, 3.05) is 14.2 Å². The van der Waals surface area contributed by atoms with Crippen molar-refractivity contribution in [1.29, 1.82) is 0 Å². The highest BCUT2D eigenvalue weighted by Gasteiger charge is 2.27. The van der Waals surface area contributed by atoms with E-state index >= 15 is 0 Å². The van der Waals surface area contributed by atoms with Crippen LogP contribution in [0.4, 0.5) is 0 Å². The van der Waals surface area contributed by atoms with Gasteiger partial charge in [-0.2, -0.15) is 0 Å². The van der Waals surface area contributed by atoms with Crippen LogP contribution in [0.15, 0.2) is 12.1 Å². The van der Waals surface area contributed by atoms with Gasteiger partial charge in [-0.05, 0) is 31.0 Å². The van der Waals surface area contributed by atoms with Crippen molar-refractivity contribution >= 4 is 35.1 Å². The number of carbonyl (C=O) groups is 2. The van der Waals surface area contributed by atoms with Gasteiger partial charge >= 0.3 is 11.9 Å². The molecule has 0 radical (unpaired) electrons. The Balaban J connectivity index is 2.46. The van der Waals surface area contributed by atoms with E-state index in [0.29, 0.717) is 5.56 Å². The maximum absolute atomic E-state index is 12.5. The highest BCUT2D eigenvalue weighted by atomic mass is 35.5. The zero-order valence-electron chi connectivity index (χ0n) is 14.8. The summed E-state index contributed by atoms with van der Waals surface area (Å²) in [7, 11) is 2.50. The highest BCUT2D eigenvalue weighted by Crippen LogP contribution is 2.44. The summed E-state index contributed by atoms with van der Waals surface area (Å²) in [5.41, 5.74) is 0.232. The van der Waals surface area contributed by atoms with E-state index in [4.69, 9.17) is 32.7 Å². The number of hydrogen-bond acceptors (Lipinski definition) is 7. The van der Waals surface area contributed by atoms with Crippen molar-refractivity contribution in [3.05, 3.63) is 44.4 Å². The molecular weight excluding hydrogens is 399 g/mol. The van der Waals surface area contributed by atoms with E-state index in [-0.39, 0.29) is 38.2 Å². The van der Waals surface area contributed by atoms with E-state index in [1.165, 1.54) is 34.1 Å². The quantitative estimate of drug-likeness (QED) is 0.574. The minimum absolute atomic E-state index is 0.0285. The molecule has 2 N–H and O–H groups in total. The number of carbonyl (C=O) groups excluding carboxylic acids is 2. The molecule has 9 heteroatoms. The summed E-state index contributed by atoms with van der Waals surface area (Å²) >= 11 is 12.1. The van der Waals surface area contributed by atoms with Crippen LogP contribution in [-0.4, -0.2) is 36.4 Å². The molecule has 144 valence electrons. The first kappa shape index (κ1) is 20.7. The number of methoxy groups -OCH3 is 2. The molecule has 0 saturated carbocycles. The number of aromatic hydroxyl groups is 2. The van der Waals surface area contributed by atoms with Crippen molar-refractivity contribution in [2.24, 2.45) is 0 Å². The SMILES string of the molecule is COC(=O)c1c(C)cc(OC(=O)c2c(C)c(Cl)c(OC)c(Cl)c2O)cc1O. The Morgan fingerprint density at radius 2 is 1.59 bits per heavy atom. The molecule has 0 saturated heterocycles. The van der Waals surface area contributed by atoms with Crippen molar-refractivity contribution in [3.8, 4) is 23.0 Å².